The smallest absolute Gasteiger partial charge is 0.243 e. The second kappa shape index (κ2) is 11.2. The maximum atomic E-state index is 13.8. The fourth-order valence-electron chi connectivity index (χ4n) is 4.77. The maximum Gasteiger partial charge on any atom is 0.243 e. The minimum Gasteiger partial charge on any atom is -0.354 e. The first kappa shape index (κ1) is 26.4. The molecule has 0 saturated carbocycles. The number of para-hydroxylation sites is 1. The van der Waals surface area contributed by atoms with Gasteiger partial charge in [0.15, 0.2) is 0 Å². The summed E-state index contributed by atoms with van der Waals surface area (Å²) in [5.41, 5.74) is 3.86. The van der Waals surface area contributed by atoms with Gasteiger partial charge in [-0.3, -0.25) is 0 Å². The second-order valence-electron chi connectivity index (χ2n) is 10.1. The molecule has 0 amide bonds. The molecule has 1 saturated heterocycles. The Kier molecular flexibility index (Phi) is 8.17. The molecule has 0 spiro atoms. The van der Waals surface area contributed by atoms with Gasteiger partial charge >= 0.3 is 0 Å². The van der Waals surface area contributed by atoms with E-state index in [9.17, 15) is 8.42 Å². The van der Waals surface area contributed by atoms with E-state index in [-0.39, 0.29) is 12.5 Å². The Balaban J connectivity index is 1.78. The fourth-order valence-corrected chi connectivity index (χ4v) is 6.34. The van der Waals surface area contributed by atoms with E-state index in [0.717, 1.165) is 61.0 Å². The highest BCUT2D eigenvalue weighted by molar-refractivity contribution is 7.89. The molecule has 8 heteroatoms. The molecule has 0 unspecified atom stereocenters. The van der Waals surface area contributed by atoms with Crippen molar-refractivity contribution >= 4 is 15.8 Å². The van der Waals surface area contributed by atoms with Gasteiger partial charge in [0.1, 0.15) is 5.82 Å². The molecule has 3 aromatic rings. The minimum atomic E-state index is -3.67. The van der Waals surface area contributed by atoms with Crippen molar-refractivity contribution in [2.75, 3.05) is 44.2 Å². The monoisotopic (exact) mass is 509 g/mol. The summed E-state index contributed by atoms with van der Waals surface area (Å²) in [6.07, 6.45) is 0. The molecular weight excluding hydrogens is 470 g/mol. The number of piperazine rings is 1. The van der Waals surface area contributed by atoms with Crippen LogP contribution in [0.4, 0.5) is 5.82 Å². The molecule has 0 N–H and O–H groups in total. The van der Waals surface area contributed by atoms with Crippen molar-refractivity contribution in [2.45, 2.75) is 46.1 Å². The van der Waals surface area contributed by atoms with Crippen LogP contribution in [0.15, 0.2) is 59.5 Å². The van der Waals surface area contributed by atoms with Gasteiger partial charge in [0.2, 0.25) is 10.0 Å². The first-order valence-electron chi connectivity index (χ1n) is 12.9. The van der Waals surface area contributed by atoms with Crippen LogP contribution in [0.2, 0.25) is 0 Å². The minimum absolute atomic E-state index is 0.186. The molecule has 0 bridgehead atoms. The zero-order valence-electron chi connectivity index (χ0n) is 22.2. The molecular formula is C28H39N5O2S. The lowest BCUT2D eigenvalue weighted by atomic mass is 10.1. The molecule has 4 rings (SSSR count). The zero-order valence-corrected chi connectivity index (χ0v) is 23.0. The molecule has 7 nitrogen and oxygen atoms in total. The van der Waals surface area contributed by atoms with E-state index in [1.165, 1.54) is 0 Å². The summed E-state index contributed by atoms with van der Waals surface area (Å²) in [7, 11) is -3.67. The number of hydrogen-bond acceptors (Lipinski definition) is 5. The Hall–Kier alpha value is -2.68. The third-order valence-corrected chi connectivity index (χ3v) is 8.66. The Bertz CT molecular complexity index is 1250. The largest absolute Gasteiger partial charge is 0.354 e. The molecule has 194 valence electrons. The van der Waals surface area contributed by atoms with Gasteiger partial charge in [0.25, 0.3) is 0 Å². The number of rotatable bonds is 9. The van der Waals surface area contributed by atoms with Gasteiger partial charge in [-0.25, -0.2) is 13.1 Å². The summed E-state index contributed by atoms with van der Waals surface area (Å²) >= 11 is 0. The summed E-state index contributed by atoms with van der Waals surface area (Å²) in [5.74, 6) is 1.19. The highest BCUT2D eigenvalue weighted by Crippen LogP contribution is 2.31. The van der Waals surface area contributed by atoms with Crippen LogP contribution in [-0.2, 0) is 16.6 Å². The summed E-state index contributed by atoms with van der Waals surface area (Å²) in [6.45, 7) is 15.8. The van der Waals surface area contributed by atoms with E-state index < -0.39 is 10.0 Å². The molecule has 36 heavy (non-hydrogen) atoms. The van der Waals surface area contributed by atoms with Crippen molar-refractivity contribution in [3.8, 4) is 5.69 Å². The Morgan fingerprint density at radius 2 is 1.58 bits per heavy atom. The van der Waals surface area contributed by atoms with Crippen LogP contribution in [0.5, 0.6) is 0 Å². The van der Waals surface area contributed by atoms with Crippen LogP contribution in [-0.4, -0.2) is 66.7 Å². The fraction of sp³-hybridized carbons (Fsp3) is 0.464. The summed E-state index contributed by atoms with van der Waals surface area (Å²) in [6, 6.07) is 17.3. The molecule has 0 radical (unpaired) electrons. The predicted octanol–water partition coefficient (Wildman–Crippen LogP) is 4.48. The van der Waals surface area contributed by atoms with Gasteiger partial charge in [-0.15, -0.1) is 0 Å². The highest BCUT2D eigenvalue weighted by atomic mass is 32.2. The molecule has 1 fully saturated rings. The number of likely N-dealkylation sites (N-methyl/N-ethyl adjacent to an activating group) is 1. The van der Waals surface area contributed by atoms with Crippen LogP contribution in [0.3, 0.4) is 0 Å². The molecule has 0 atom stereocenters. The number of hydrogen-bond donors (Lipinski definition) is 0. The zero-order chi connectivity index (χ0) is 25.9. The van der Waals surface area contributed by atoms with E-state index in [0.29, 0.717) is 11.4 Å². The van der Waals surface area contributed by atoms with E-state index in [1.807, 2.05) is 48.9 Å². The molecule has 2 aromatic carbocycles. The summed E-state index contributed by atoms with van der Waals surface area (Å²) in [4.78, 5) is 5.15. The molecule has 1 aromatic heterocycles. The lowest BCUT2D eigenvalue weighted by molar-refractivity contribution is 0.269. The van der Waals surface area contributed by atoms with Gasteiger partial charge in [0.05, 0.1) is 16.3 Å². The van der Waals surface area contributed by atoms with Crippen LogP contribution in [0.25, 0.3) is 5.69 Å². The molecule has 1 aliphatic heterocycles. The van der Waals surface area contributed by atoms with E-state index >= 15 is 0 Å². The Morgan fingerprint density at radius 1 is 0.944 bits per heavy atom. The van der Waals surface area contributed by atoms with Crippen LogP contribution in [0.1, 0.15) is 37.6 Å². The van der Waals surface area contributed by atoms with E-state index in [1.54, 1.807) is 16.4 Å². The molecule has 2 heterocycles. The van der Waals surface area contributed by atoms with Gasteiger partial charge in [-0.2, -0.15) is 9.40 Å². The van der Waals surface area contributed by atoms with Gasteiger partial charge in [-0.1, -0.05) is 56.7 Å². The van der Waals surface area contributed by atoms with Crippen molar-refractivity contribution in [1.82, 2.24) is 19.0 Å². The standard InChI is InChI=1S/C28H39N5O2S/c1-6-30-16-18-31(19-17-30)28-27(24(5)29-33(28)25-10-8-7-9-11-25)21-32(20-22(2)3)36(34,35)26-14-12-23(4)13-15-26/h7-15,22H,6,16-21H2,1-5H3. The van der Waals surface area contributed by atoms with Crippen molar-refractivity contribution in [2.24, 2.45) is 5.92 Å². The third-order valence-electron chi connectivity index (χ3n) is 6.84. The summed E-state index contributed by atoms with van der Waals surface area (Å²) in [5, 5.41) is 4.93. The predicted molar refractivity (Wildman–Crippen MR) is 146 cm³/mol. The lowest BCUT2D eigenvalue weighted by Crippen LogP contribution is -2.47. The highest BCUT2D eigenvalue weighted by Gasteiger charge is 2.31. The lowest BCUT2D eigenvalue weighted by Gasteiger charge is -2.36. The topological polar surface area (TPSA) is 61.7 Å². The van der Waals surface area contributed by atoms with Crippen molar-refractivity contribution in [3.63, 3.8) is 0 Å². The Labute approximate surface area is 216 Å². The average molecular weight is 510 g/mol. The number of benzene rings is 2. The van der Waals surface area contributed by atoms with Crippen molar-refractivity contribution < 1.29 is 8.42 Å². The molecule has 0 aliphatic carbocycles. The molecule has 1 aliphatic rings. The average Bonchev–Trinajstić information content (AvgIpc) is 3.20. The second-order valence-corrected chi connectivity index (χ2v) is 12.0. The van der Waals surface area contributed by atoms with Crippen molar-refractivity contribution in [3.05, 3.63) is 71.4 Å². The van der Waals surface area contributed by atoms with Gasteiger partial charge in [0, 0.05) is 44.8 Å². The normalized spacial score (nSPS) is 15.2. The number of aromatic nitrogens is 2. The third kappa shape index (κ3) is 5.66. The van der Waals surface area contributed by atoms with Crippen LogP contribution >= 0.6 is 0 Å². The maximum absolute atomic E-state index is 13.8. The first-order chi connectivity index (χ1) is 17.2. The van der Waals surface area contributed by atoms with Crippen LogP contribution < -0.4 is 4.90 Å². The van der Waals surface area contributed by atoms with Crippen molar-refractivity contribution in [1.29, 1.82) is 0 Å². The van der Waals surface area contributed by atoms with E-state index in [4.69, 9.17) is 5.10 Å². The number of aryl methyl sites for hydroxylation is 2. The van der Waals surface area contributed by atoms with E-state index in [2.05, 4.69) is 42.7 Å². The quantitative estimate of drug-likeness (QED) is 0.426. The Morgan fingerprint density at radius 3 is 2.17 bits per heavy atom. The number of sulfonamides is 1. The summed E-state index contributed by atoms with van der Waals surface area (Å²) < 4.78 is 31.3. The number of nitrogens with zero attached hydrogens (tertiary/aromatic N) is 5. The van der Waals surface area contributed by atoms with Crippen LogP contribution in [0, 0.1) is 19.8 Å². The van der Waals surface area contributed by atoms with Gasteiger partial charge in [-0.05, 0) is 50.6 Å². The first-order valence-corrected chi connectivity index (χ1v) is 14.3. The number of anilines is 1. The van der Waals surface area contributed by atoms with Gasteiger partial charge < -0.3 is 9.80 Å². The SMILES string of the molecule is CCN1CCN(c2c(CN(CC(C)C)S(=O)(=O)c3ccc(C)cc3)c(C)nn2-c2ccccc2)CC1.